The van der Waals surface area contributed by atoms with Gasteiger partial charge in [0.25, 0.3) is 0 Å². The standard InChI is InChI=1S/C28H34ClN3O4/c1-27(2,3)36-26(34)32-17-22-8-7-19(14-23(22)18-32)20-6-5-11-28(29,15-20)24-10-9-21(16-30-12-13-33)25(31-24)35-4/h5-11,14,30,33H,12-13,15-18H2,1-4H3. The zero-order chi connectivity index (χ0) is 25.9. The number of benzene rings is 1. The Morgan fingerprint density at radius 2 is 2.00 bits per heavy atom. The van der Waals surface area contributed by atoms with Crippen LogP contribution in [0, 0.1) is 0 Å². The molecule has 1 amide bonds. The maximum absolute atomic E-state index is 12.5. The third kappa shape index (κ3) is 5.91. The number of hydrogen-bond donors (Lipinski definition) is 2. The second-order valence-corrected chi connectivity index (χ2v) is 10.8. The van der Waals surface area contributed by atoms with Crippen LogP contribution in [-0.4, -0.2) is 46.9 Å². The number of aliphatic hydroxyl groups is 1. The van der Waals surface area contributed by atoms with Crippen LogP contribution >= 0.6 is 11.6 Å². The number of carbonyl (C=O) groups is 1. The van der Waals surface area contributed by atoms with Crippen LogP contribution in [0.4, 0.5) is 4.79 Å². The number of hydrogen-bond acceptors (Lipinski definition) is 6. The molecule has 2 heterocycles. The molecule has 0 bridgehead atoms. The molecule has 0 saturated carbocycles. The summed E-state index contributed by atoms with van der Waals surface area (Å²) in [5.41, 5.74) is 5.51. The first kappa shape index (κ1) is 26.2. The number of rotatable bonds is 7. The average Bonchev–Trinajstić information content (AvgIpc) is 3.27. The van der Waals surface area contributed by atoms with Crippen LogP contribution in [0.25, 0.3) is 5.57 Å². The van der Waals surface area contributed by atoms with E-state index < -0.39 is 10.5 Å². The van der Waals surface area contributed by atoms with Gasteiger partial charge in [-0.3, -0.25) is 4.90 Å². The normalized spacial score (nSPS) is 19.2. The number of allylic oxidation sites excluding steroid dienone is 4. The molecule has 192 valence electrons. The second kappa shape index (κ2) is 10.6. The van der Waals surface area contributed by atoms with Crippen molar-refractivity contribution in [2.24, 2.45) is 0 Å². The lowest BCUT2D eigenvalue weighted by Gasteiger charge is -2.28. The molecule has 4 rings (SSSR count). The topological polar surface area (TPSA) is 83.9 Å². The van der Waals surface area contributed by atoms with Gasteiger partial charge in [-0.05, 0) is 55.2 Å². The SMILES string of the molecule is COc1nc(C2(Cl)C=CC=C(c3ccc4c(c3)CN(C(=O)OC(C)(C)C)C4)C2)ccc1CNCCO. The van der Waals surface area contributed by atoms with E-state index in [2.05, 4.69) is 29.6 Å². The van der Waals surface area contributed by atoms with Crippen LogP contribution in [0.15, 0.2) is 48.6 Å². The second-order valence-electron chi connectivity index (χ2n) is 10.2. The van der Waals surface area contributed by atoms with E-state index in [0.29, 0.717) is 44.2 Å². The lowest BCUT2D eigenvalue weighted by Crippen LogP contribution is -2.33. The fourth-order valence-corrected chi connectivity index (χ4v) is 4.77. The van der Waals surface area contributed by atoms with Crippen LogP contribution < -0.4 is 10.1 Å². The molecule has 7 nitrogen and oxygen atoms in total. The number of methoxy groups -OCH3 is 1. The highest BCUT2D eigenvalue weighted by Crippen LogP contribution is 2.43. The number of ether oxygens (including phenoxy) is 2. The Labute approximate surface area is 217 Å². The van der Waals surface area contributed by atoms with E-state index in [0.717, 1.165) is 27.8 Å². The van der Waals surface area contributed by atoms with Gasteiger partial charge in [0, 0.05) is 38.2 Å². The molecule has 2 aliphatic rings. The van der Waals surface area contributed by atoms with Gasteiger partial charge in [0.15, 0.2) is 0 Å². The Balaban J connectivity index is 1.50. The molecule has 1 aliphatic carbocycles. The minimum atomic E-state index is -0.810. The zero-order valence-electron chi connectivity index (χ0n) is 21.3. The van der Waals surface area contributed by atoms with Crippen LogP contribution in [0.1, 0.15) is 55.1 Å². The summed E-state index contributed by atoms with van der Waals surface area (Å²) in [7, 11) is 1.59. The molecule has 1 atom stereocenters. The number of aliphatic hydroxyl groups excluding tert-OH is 1. The summed E-state index contributed by atoms with van der Waals surface area (Å²) in [5, 5.41) is 12.2. The number of alkyl halides is 1. The number of halogens is 1. The molecule has 1 unspecified atom stereocenters. The van der Waals surface area contributed by atoms with E-state index in [-0.39, 0.29) is 12.7 Å². The monoisotopic (exact) mass is 511 g/mol. The first-order chi connectivity index (χ1) is 17.1. The van der Waals surface area contributed by atoms with Crippen molar-refractivity contribution in [1.82, 2.24) is 15.2 Å². The van der Waals surface area contributed by atoms with Gasteiger partial charge in [0.05, 0.1) is 19.4 Å². The number of pyridine rings is 1. The van der Waals surface area contributed by atoms with Crippen molar-refractivity contribution in [2.75, 3.05) is 20.3 Å². The Morgan fingerprint density at radius 1 is 1.22 bits per heavy atom. The molecule has 0 radical (unpaired) electrons. The van der Waals surface area contributed by atoms with E-state index in [1.807, 2.05) is 45.1 Å². The predicted molar refractivity (Wildman–Crippen MR) is 141 cm³/mol. The third-order valence-corrected chi connectivity index (χ3v) is 6.67. The van der Waals surface area contributed by atoms with E-state index in [1.165, 1.54) is 0 Å². The summed E-state index contributed by atoms with van der Waals surface area (Å²) in [6, 6.07) is 10.2. The summed E-state index contributed by atoms with van der Waals surface area (Å²) in [5.74, 6) is 0.516. The van der Waals surface area contributed by atoms with Crippen molar-refractivity contribution >= 4 is 23.3 Å². The van der Waals surface area contributed by atoms with Crippen molar-refractivity contribution in [3.63, 3.8) is 0 Å². The van der Waals surface area contributed by atoms with E-state index in [9.17, 15) is 4.79 Å². The molecule has 1 aromatic carbocycles. The van der Waals surface area contributed by atoms with Crippen LogP contribution in [-0.2, 0) is 29.2 Å². The van der Waals surface area contributed by atoms with Gasteiger partial charge >= 0.3 is 6.09 Å². The Morgan fingerprint density at radius 3 is 2.72 bits per heavy atom. The summed E-state index contributed by atoms with van der Waals surface area (Å²) in [6.07, 6.45) is 6.28. The summed E-state index contributed by atoms with van der Waals surface area (Å²) in [4.78, 5) is 18.2. The van der Waals surface area contributed by atoms with Crippen LogP contribution in [0.2, 0.25) is 0 Å². The van der Waals surface area contributed by atoms with Gasteiger partial charge < -0.3 is 19.9 Å². The first-order valence-electron chi connectivity index (χ1n) is 12.2. The van der Waals surface area contributed by atoms with Crippen molar-refractivity contribution in [3.8, 4) is 5.88 Å². The highest BCUT2D eigenvalue weighted by Gasteiger charge is 2.33. The van der Waals surface area contributed by atoms with Gasteiger partial charge in [-0.15, -0.1) is 11.6 Å². The Hall–Kier alpha value is -2.87. The Kier molecular flexibility index (Phi) is 7.73. The number of aromatic nitrogens is 1. The average molecular weight is 512 g/mol. The van der Waals surface area contributed by atoms with Crippen molar-refractivity contribution in [3.05, 3.63) is 76.5 Å². The molecule has 0 saturated heterocycles. The highest BCUT2D eigenvalue weighted by molar-refractivity contribution is 6.26. The van der Waals surface area contributed by atoms with Crippen molar-refractivity contribution in [1.29, 1.82) is 0 Å². The third-order valence-electron chi connectivity index (χ3n) is 6.22. The van der Waals surface area contributed by atoms with E-state index in [1.54, 1.807) is 12.0 Å². The molecule has 0 fully saturated rings. The summed E-state index contributed by atoms with van der Waals surface area (Å²) >= 11 is 7.13. The lowest BCUT2D eigenvalue weighted by molar-refractivity contribution is 0.0242. The van der Waals surface area contributed by atoms with Gasteiger partial charge in [0.2, 0.25) is 5.88 Å². The zero-order valence-corrected chi connectivity index (χ0v) is 22.1. The number of nitrogens with zero attached hydrogens (tertiary/aromatic N) is 2. The molecular formula is C28H34ClN3O4. The fraction of sp³-hybridized carbons (Fsp3) is 0.429. The van der Waals surface area contributed by atoms with Gasteiger partial charge in [-0.1, -0.05) is 36.4 Å². The molecule has 1 aliphatic heterocycles. The maximum atomic E-state index is 12.5. The Bertz CT molecular complexity index is 1190. The smallest absolute Gasteiger partial charge is 0.410 e. The van der Waals surface area contributed by atoms with Crippen LogP contribution in [0.5, 0.6) is 5.88 Å². The van der Waals surface area contributed by atoms with E-state index >= 15 is 0 Å². The molecular weight excluding hydrogens is 478 g/mol. The molecule has 1 aromatic heterocycles. The first-order valence-corrected chi connectivity index (χ1v) is 12.5. The minimum absolute atomic E-state index is 0.0697. The van der Waals surface area contributed by atoms with Crippen molar-refractivity contribution in [2.45, 2.75) is 57.3 Å². The maximum Gasteiger partial charge on any atom is 0.410 e. The fourth-order valence-electron chi connectivity index (χ4n) is 4.45. The largest absolute Gasteiger partial charge is 0.481 e. The predicted octanol–water partition coefficient (Wildman–Crippen LogP) is 4.90. The molecule has 8 heteroatoms. The molecule has 36 heavy (non-hydrogen) atoms. The van der Waals surface area contributed by atoms with Crippen LogP contribution in [0.3, 0.4) is 0 Å². The minimum Gasteiger partial charge on any atom is -0.481 e. The van der Waals surface area contributed by atoms with E-state index in [4.69, 9.17) is 31.2 Å². The highest BCUT2D eigenvalue weighted by atomic mass is 35.5. The number of amides is 1. The van der Waals surface area contributed by atoms with Gasteiger partial charge in [-0.2, -0.15) is 0 Å². The van der Waals surface area contributed by atoms with Gasteiger partial charge in [0.1, 0.15) is 10.5 Å². The number of fused-ring (bicyclic) bond motifs is 1. The lowest BCUT2D eigenvalue weighted by atomic mass is 9.86. The molecule has 2 N–H and O–H groups in total. The quantitative estimate of drug-likeness (QED) is 0.406. The summed E-state index contributed by atoms with van der Waals surface area (Å²) in [6.45, 7) is 7.81. The number of nitrogens with one attached hydrogen (secondary N) is 1. The summed E-state index contributed by atoms with van der Waals surface area (Å²) < 4.78 is 11.1. The molecule has 2 aromatic rings. The van der Waals surface area contributed by atoms with Crippen molar-refractivity contribution < 1.29 is 19.4 Å². The van der Waals surface area contributed by atoms with Gasteiger partial charge in [-0.25, -0.2) is 9.78 Å². The molecule has 0 spiro atoms. The number of carbonyl (C=O) groups excluding carboxylic acids is 1.